The number of nitrogens with zero attached hydrogens (tertiary/aromatic N) is 3. The van der Waals surface area contributed by atoms with Crippen LogP contribution in [0.2, 0.25) is 0 Å². The Morgan fingerprint density at radius 1 is 1.24 bits per heavy atom. The van der Waals surface area contributed by atoms with Crippen LogP contribution >= 0.6 is 11.3 Å². The Bertz CT molecular complexity index is 1070. The zero-order valence-corrected chi connectivity index (χ0v) is 20.3. The highest BCUT2D eigenvalue weighted by molar-refractivity contribution is 7.14. The standard InChI is InChI=1S/C25H30FN5O2S/c1-24(22(33)30-23-29-20(16-34-23)17-6-4-3-5-7-17)8-10-25(2,11-9-24)28-14-21(32)31-15-18(26)12-19(31)13-27/h3-7,16,18-19,28H,8-12,14-15H2,1-2H3,(H,29,30,33)/t18-,19-,24?,25?/m0/s1. The van der Waals surface area contributed by atoms with E-state index in [1.165, 1.54) is 16.2 Å². The van der Waals surface area contributed by atoms with Gasteiger partial charge in [-0.15, -0.1) is 11.3 Å². The van der Waals surface area contributed by atoms with Gasteiger partial charge in [-0.05, 0) is 32.6 Å². The average Bonchev–Trinajstić information content (AvgIpc) is 3.46. The summed E-state index contributed by atoms with van der Waals surface area (Å²) in [6.45, 7) is 4.07. The maximum atomic E-state index is 13.6. The molecule has 4 rings (SSSR count). The number of amides is 2. The van der Waals surface area contributed by atoms with Gasteiger partial charge in [-0.1, -0.05) is 37.3 Å². The minimum Gasteiger partial charge on any atom is -0.323 e. The van der Waals surface area contributed by atoms with Gasteiger partial charge in [0.2, 0.25) is 11.8 Å². The summed E-state index contributed by atoms with van der Waals surface area (Å²) in [4.78, 5) is 31.6. The molecule has 0 radical (unpaired) electrons. The molecule has 2 aliphatic rings. The number of alkyl halides is 1. The molecule has 2 aromatic rings. The van der Waals surface area contributed by atoms with Crippen LogP contribution in [-0.2, 0) is 9.59 Å². The number of rotatable bonds is 6. The molecular weight excluding hydrogens is 453 g/mol. The van der Waals surface area contributed by atoms with Crippen molar-refractivity contribution in [3.05, 3.63) is 35.7 Å². The summed E-state index contributed by atoms with van der Waals surface area (Å²) in [5.74, 6) is -0.292. The first-order valence-electron chi connectivity index (χ1n) is 11.6. The predicted molar refractivity (Wildman–Crippen MR) is 130 cm³/mol. The number of carbonyl (C=O) groups excluding carboxylic acids is 2. The van der Waals surface area contributed by atoms with Gasteiger partial charge in [0.1, 0.15) is 12.2 Å². The van der Waals surface area contributed by atoms with E-state index in [9.17, 15) is 19.2 Å². The zero-order chi connectivity index (χ0) is 24.3. The fourth-order valence-corrected chi connectivity index (χ4v) is 5.37. The van der Waals surface area contributed by atoms with E-state index in [1.54, 1.807) is 0 Å². The van der Waals surface area contributed by atoms with E-state index in [-0.39, 0.29) is 36.9 Å². The Morgan fingerprint density at radius 2 is 1.94 bits per heavy atom. The van der Waals surface area contributed by atoms with Gasteiger partial charge in [0.05, 0.1) is 24.9 Å². The van der Waals surface area contributed by atoms with Crippen molar-refractivity contribution in [3.8, 4) is 17.3 Å². The lowest BCUT2D eigenvalue weighted by Gasteiger charge is -2.42. The molecule has 7 nitrogen and oxygen atoms in total. The summed E-state index contributed by atoms with van der Waals surface area (Å²) in [7, 11) is 0. The number of hydrogen-bond donors (Lipinski definition) is 2. The molecule has 1 aromatic heterocycles. The lowest BCUT2D eigenvalue weighted by molar-refractivity contribution is -0.131. The van der Waals surface area contributed by atoms with E-state index >= 15 is 0 Å². The van der Waals surface area contributed by atoms with Crippen molar-refractivity contribution in [2.24, 2.45) is 5.41 Å². The number of anilines is 1. The summed E-state index contributed by atoms with van der Waals surface area (Å²) in [5.41, 5.74) is 1.03. The van der Waals surface area contributed by atoms with Gasteiger partial charge in [-0.2, -0.15) is 5.26 Å². The molecule has 34 heavy (non-hydrogen) atoms. The Balaban J connectivity index is 1.29. The Hall–Kier alpha value is -2.83. The van der Waals surface area contributed by atoms with E-state index in [1.807, 2.05) is 48.7 Å². The van der Waals surface area contributed by atoms with Crippen molar-refractivity contribution >= 4 is 28.3 Å². The summed E-state index contributed by atoms with van der Waals surface area (Å²) >= 11 is 1.41. The second-order valence-electron chi connectivity index (χ2n) is 9.86. The van der Waals surface area contributed by atoms with E-state index in [0.717, 1.165) is 24.1 Å². The number of nitrogens with one attached hydrogen (secondary N) is 2. The van der Waals surface area contributed by atoms with Crippen LogP contribution in [0, 0.1) is 16.7 Å². The van der Waals surface area contributed by atoms with Crippen LogP contribution in [-0.4, -0.2) is 52.5 Å². The molecule has 1 saturated carbocycles. The fourth-order valence-electron chi connectivity index (χ4n) is 4.65. The lowest BCUT2D eigenvalue weighted by atomic mass is 9.68. The zero-order valence-electron chi connectivity index (χ0n) is 19.5. The van der Waals surface area contributed by atoms with Gasteiger partial charge < -0.3 is 15.5 Å². The molecule has 1 saturated heterocycles. The van der Waals surface area contributed by atoms with Crippen molar-refractivity contribution in [2.75, 3.05) is 18.4 Å². The van der Waals surface area contributed by atoms with E-state index in [0.29, 0.717) is 18.0 Å². The van der Waals surface area contributed by atoms with Crippen LogP contribution in [0.3, 0.4) is 0 Å². The summed E-state index contributed by atoms with van der Waals surface area (Å²) in [6.07, 6.45) is 1.74. The van der Waals surface area contributed by atoms with E-state index < -0.39 is 17.6 Å². The Kier molecular flexibility index (Phi) is 7.01. The summed E-state index contributed by atoms with van der Waals surface area (Å²) in [5, 5.41) is 18.0. The molecule has 2 heterocycles. The second kappa shape index (κ2) is 9.80. The quantitative estimate of drug-likeness (QED) is 0.644. The third-order valence-electron chi connectivity index (χ3n) is 7.19. The molecule has 9 heteroatoms. The van der Waals surface area contributed by atoms with Gasteiger partial charge >= 0.3 is 0 Å². The van der Waals surface area contributed by atoms with Crippen LogP contribution in [0.1, 0.15) is 46.0 Å². The first-order valence-corrected chi connectivity index (χ1v) is 12.5. The number of carbonyl (C=O) groups is 2. The van der Waals surface area contributed by atoms with Gasteiger partial charge in [-0.25, -0.2) is 9.37 Å². The first kappa shape index (κ1) is 24.3. The van der Waals surface area contributed by atoms with Crippen molar-refractivity contribution in [3.63, 3.8) is 0 Å². The Morgan fingerprint density at radius 3 is 2.62 bits per heavy atom. The number of likely N-dealkylation sites (tertiary alicyclic amines) is 1. The van der Waals surface area contributed by atoms with Crippen LogP contribution in [0.25, 0.3) is 11.3 Å². The fraction of sp³-hybridized carbons (Fsp3) is 0.520. The molecule has 0 spiro atoms. The highest BCUT2D eigenvalue weighted by Crippen LogP contribution is 2.41. The first-order chi connectivity index (χ1) is 16.2. The van der Waals surface area contributed by atoms with Crippen LogP contribution < -0.4 is 10.6 Å². The normalized spacial score (nSPS) is 28.9. The molecule has 180 valence electrons. The molecule has 1 aliphatic carbocycles. The number of hydrogen-bond acceptors (Lipinski definition) is 6. The minimum absolute atomic E-state index is 0.0174. The number of benzene rings is 1. The number of thiazole rings is 1. The topological polar surface area (TPSA) is 98.1 Å². The SMILES string of the molecule is CC1(NCC(=O)N2C[C@@H](F)C[C@H]2C#N)CCC(C)(C(=O)Nc2nc(-c3ccccc3)cs2)CC1. The van der Waals surface area contributed by atoms with Crippen LogP contribution in [0.5, 0.6) is 0 Å². The smallest absolute Gasteiger partial charge is 0.237 e. The highest BCUT2D eigenvalue weighted by atomic mass is 32.1. The summed E-state index contributed by atoms with van der Waals surface area (Å²) < 4.78 is 13.6. The minimum atomic E-state index is -1.14. The monoisotopic (exact) mass is 483 g/mol. The molecule has 2 atom stereocenters. The van der Waals surface area contributed by atoms with Crippen LogP contribution in [0.15, 0.2) is 35.7 Å². The lowest BCUT2D eigenvalue weighted by Crippen LogP contribution is -2.53. The molecule has 0 bridgehead atoms. The predicted octanol–water partition coefficient (Wildman–Crippen LogP) is 4.14. The van der Waals surface area contributed by atoms with E-state index in [4.69, 9.17) is 0 Å². The molecule has 0 unspecified atom stereocenters. The maximum Gasteiger partial charge on any atom is 0.237 e. The van der Waals surface area contributed by atoms with Crippen molar-refractivity contribution in [1.82, 2.24) is 15.2 Å². The van der Waals surface area contributed by atoms with Crippen molar-refractivity contribution < 1.29 is 14.0 Å². The van der Waals surface area contributed by atoms with Gasteiger partial charge in [0, 0.05) is 28.3 Å². The van der Waals surface area contributed by atoms with Gasteiger partial charge in [-0.3, -0.25) is 9.59 Å². The number of aromatic nitrogens is 1. The molecule has 2 fully saturated rings. The third kappa shape index (κ3) is 5.29. The summed E-state index contributed by atoms with van der Waals surface area (Å²) in [6, 6.07) is 11.2. The van der Waals surface area contributed by atoms with Crippen molar-refractivity contribution in [2.45, 2.75) is 63.7 Å². The molecule has 1 aromatic carbocycles. The van der Waals surface area contributed by atoms with Crippen LogP contribution in [0.4, 0.5) is 9.52 Å². The molecule has 2 N–H and O–H groups in total. The molecular formula is C25H30FN5O2S. The van der Waals surface area contributed by atoms with E-state index in [2.05, 4.69) is 22.5 Å². The largest absolute Gasteiger partial charge is 0.323 e. The Labute approximate surface area is 203 Å². The third-order valence-corrected chi connectivity index (χ3v) is 7.94. The van der Waals surface area contributed by atoms with Gasteiger partial charge in [0.15, 0.2) is 5.13 Å². The second-order valence-corrected chi connectivity index (χ2v) is 10.7. The number of nitriles is 1. The highest BCUT2D eigenvalue weighted by Gasteiger charge is 2.43. The average molecular weight is 484 g/mol. The molecule has 2 amide bonds. The number of halogens is 1. The molecule has 1 aliphatic heterocycles. The maximum absolute atomic E-state index is 13.6. The van der Waals surface area contributed by atoms with Crippen molar-refractivity contribution in [1.29, 1.82) is 5.26 Å². The van der Waals surface area contributed by atoms with Gasteiger partial charge in [0.25, 0.3) is 0 Å².